The van der Waals surface area contributed by atoms with Crippen molar-refractivity contribution < 1.29 is 14.3 Å². The number of ether oxygens (including phenoxy) is 1. The van der Waals surface area contributed by atoms with Crippen LogP contribution in [0.25, 0.3) is 5.57 Å². The monoisotopic (exact) mass is 351 g/mol. The van der Waals surface area contributed by atoms with Gasteiger partial charge in [-0.05, 0) is 45.4 Å². The van der Waals surface area contributed by atoms with Crippen molar-refractivity contribution in [3.8, 4) is 0 Å². The molecular weight excluding hydrogens is 326 g/mol. The van der Waals surface area contributed by atoms with E-state index >= 15 is 0 Å². The highest BCUT2D eigenvalue weighted by atomic mass is 16.6. The first kappa shape index (κ1) is 19.4. The number of benzene rings is 2. The van der Waals surface area contributed by atoms with Crippen molar-refractivity contribution in [2.45, 2.75) is 33.3 Å². The number of ketones is 1. The first-order valence-corrected chi connectivity index (χ1v) is 8.68. The quantitative estimate of drug-likeness (QED) is 0.438. The lowest BCUT2D eigenvalue weighted by Crippen LogP contribution is -2.30. The number of carbonyl (C=O) groups excluding carboxylic acids is 2. The van der Waals surface area contributed by atoms with Gasteiger partial charge in [0, 0.05) is 18.4 Å². The molecule has 0 aromatic heterocycles. The highest BCUT2D eigenvalue weighted by Crippen LogP contribution is 2.22. The molecule has 0 aliphatic carbocycles. The molecule has 0 heterocycles. The van der Waals surface area contributed by atoms with Crippen molar-refractivity contribution in [2.75, 3.05) is 11.4 Å². The summed E-state index contributed by atoms with van der Waals surface area (Å²) in [5.74, 6) is -1.50. The fraction of sp³-hybridized carbons (Fsp3) is 0.273. The third-order valence-corrected chi connectivity index (χ3v) is 3.63. The van der Waals surface area contributed by atoms with Gasteiger partial charge in [-0.3, -0.25) is 4.79 Å². The number of esters is 1. The number of hydrogen-bond donors (Lipinski definition) is 0. The van der Waals surface area contributed by atoms with Crippen LogP contribution in [0, 0.1) is 0 Å². The average Bonchev–Trinajstić information content (AvgIpc) is 2.62. The summed E-state index contributed by atoms with van der Waals surface area (Å²) in [6, 6.07) is 18.9. The minimum absolute atomic E-state index is 0.311. The van der Waals surface area contributed by atoms with Crippen molar-refractivity contribution in [3.63, 3.8) is 0 Å². The zero-order valence-corrected chi connectivity index (χ0v) is 15.7. The van der Waals surface area contributed by atoms with E-state index in [0.717, 1.165) is 5.69 Å². The van der Waals surface area contributed by atoms with Gasteiger partial charge in [0.25, 0.3) is 5.78 Å². The molecule has 4 nitrogen and oxygen atoms in total. The second kappa shape index (κ2) is 8.48. The number of hydrogen-bond acceptors (Lipinski definition) is 4. The highest BCUT2D eigenvalue weighted by Gasteiger charge is 2.27. The SMILES string of the molecule is CCN(/C=C(/C(=O)C(=O)OC(C)(C)C)c1ccccc1)c1ccccc1. The van der Waals surface area contributed by atoms with Gasteiger partial charge >= 0.3 is 5.97 Å². The van der Waals surface area contributed by atoms with Crippen LogP contribution in [-0.2, 0) is 14.3 Å². The third kappa shape index (κ3) is 5.31. The van der Waals surface area contributed by atoms with Crippen molar-refractivity contribution >= 4 is 23.0 Å². The number of carbonyl (C=O) groups is 2. The van der Waals surface area contributed by atoms with Gasteiger partial charge in [0.2, 0.25) is 0 Å². The van der Waals surface area contributed by atoms with E-state index in [1.807, 2.05) is 72.5 Å². The molecule has 0 saturated carbocycles. The van der Waals surface area contributed by atoms with Crippen LogP contribution in [0.2, 0.25) is 0 Å². The van der Waals surface area contributed by atoms with Crippen LogP contribution in [0.5, 0.6) is 0 Å². The Morgan fingerprint density at radius 3 is 2.00 bits per heavy atom. The summed E-state index contributed by atoms with van der Waals surface area (Å²) >= 11 is 0. The fourth-order valence-electron chi connectivity index (χ4n) is 2.44. The van der Waals surface area contributed by atoms with Gasteiger partial charge in [-0.25, -0.2) is 4.79 Å². The maximum atomic E-state index is 12.8. The molecule has 2 aromatic rings. The normalized spacial score (nSPS) is 11.8. The van der Waals surface area contributed by atoms with Crippen molar-refractivity contribution in [1.82, 2.24) is 0 Å². The molecule has 136 valence electrons. The van der Waals surface area contributed by atoms with Gasteiger partial charge in [-0.2, -0.15) is 0 Å². The van der Waals surface area contributed by atoms with Crippen molar-refractivity contribution in [2.24, 2.45) is 0 Å². The van der Waals surface area contributed by atoms with E-state index < -0.39 is 17.4 Å². The molecule has 2 aromatic carbocycles. The van der Waals surface area contributed by atoms with Crippen LogP contribution < -0.4 is 4.90 Å². The molecule has 0 saturated heterocycles. The number of Topliss-reactive ketones (excluding diaryl/α,β-unsaturated/α-hetero) is 1. The van der Waals surface area contributed by atoms with E-state index in [1.54, 1.807) is 27.0 Å². The Balaban J connectivity index is 2.44. The van der Waals surface area contributed by atoms with Crippen LogP contribution in [0.3, 0.4) is 0 Å². The summed E-state index contributed by atoms with van der Waals surface area (Å²) in [6.07, 6.45) is 1.72. The van der Waals surface area contributed by atoms with Gasteiger partial charge in [-0.15, -0.1) is 0 Å². The second-order valence-electron chi connectivity index (χ2n) is 6.86. The Morgan fingerprint density at radius 2 is 1.50 bits per heavy atom. The topological polar surface area (TPSA) is 46.6 Å². The van der Waals surface area contributed by atoms with E-state index in [4.69, 9.17) is 4.74 Å². The summed E-state index contributed by atoms with van der Waals surface area (Å²) in [4.78, 5) is 27.1. The second-order valence-corrected chi connectivity index (χ2v) is 6.86. The molecule has 0 fully saturated rings. The molecule has 0 atom stereocenters. The first-order valence-electron chi connectivity index (χ1n) is 8.68. The fourth-order valence-corrected chi connectivity index (χ4v) is 2.44. The molecule has 0 radical (unpaired) electrons. The van der Waals surface area contributed by atoms with Gasteiger partial charge in [0.1, 0.15) is 5.60 Å². The maximum Gasteiger partial charge on any atom is 0.380 e. The van der Waals surface area contributed by atoms with Crippen LogP contribution in [-0.4, -0.2) is 23.9 Å². The Hall–Kier alpha value is -2.88. The smallest absolute Gasteiger partial charge is 0.380 e. The standard InChI is InChI=1S/C22H25NO3/c1-5-23(18-14-10-7-11-15-18)16-19(17-12-8-6-9-13-17)20(24)21(25)26-22(2,3)4/h6-16H,5H2,1-4H3/b19-16+. The predicted molar refractivity (Wildman–Crippen MR) is 105 cm³/mol. The molecule has 0 aliphatic rings. The summed E-state index contributed by atoms with van der Waals surface area (Å²) in [5.41, 5.74) is 1.21. The molecule has 0 aliphatic heterocycles. The van der Waals surface area contributed by atoms with Crippen LogP contribution in [0.15, 0.2) is 66.9 Å². The van der Waals surface area contributed by atoms with Crippen LogP contribution in [0.1, 0.15) is 33.3 Å². The van der Waals surface area contributed by atoms with E-state index in [2.05, 4.69) is 0 Å². The number of para-hydroxylation sites is 1. The maximum absolute atomic E-state index is 12.8. The predicted octanol–water partition coefficient (Wildman–Crippen LogP) is 4.46. The average molecular weight is 351 g/mol. The van der Waals surface area contributed by atoms with Crippen LogP contribution in [0.4, 0.5) is 5.69 Å². The van der Waals surface area contributed by atoms with Gasteiger partial charge in [0.05, 0.1) is 5.57 Å². The summed E-state index contributed by atoms with van der Waals surface area (Å²) in [6.45, 7) is 7.87. The zero-order valence-electron chi connectivity index (χ0n) is 15.7. The number of rotatable bonds is 6. The lowest BCUT2D eigenvalue weighted by molar-refractivity contribution is -0.160. The molecule has 0 N–H and O–H groups in total. The third-order valence-electron chi connectivity index (χ3n) is 3.63. The van der Waals surface area contributed by atoms with E-state index in [1.165, 1.54) is 0 Å². The lowest BCUT2D eigenvalue weighted by atomic mass is 10.0. The summed E-state index contributed by atoms with van der Waals surface area (Å²) < 4.78 is 5.28. The molecule has 26 heavy (non-hydrogen) atoms. The van der Waals surface area contributed by atoms with E-state index in [0.29, 0.717) is 17.7 Å². The van der Waals surface area contributed by atoms with Crippen molar-refractivity contribution in [3.05, 3.63) is 72.4 Å². The van der Waals surface area contributed by atoms with Gasteiger partial charge in [-0.1, -0.05) is 48.5 Å². The van der Waals surface area contributed by atoms with E-state index in [-0.39, 0.29) is 0 Å². The first-order chi connectivity index (χ1) is 12.3. The molecule has 0 spiro atoms. The summed E-state index contributed by atoms with van der Waals surface area (Å²) in [7, 11) is 0. The molecule has 0 unspecified atom stereocenters. The van der Waals surface area contributed by atoms with Crippen molar-refractivity contribution in [1.29, 1.82) is 0 Å². The molecular formula is C22H25NO3. The van der Waals surface area contributed by atoms with Crippen LogP contribution >= 0.6 is 0 Å². The lowest BCUT2D eigenvalue weighted by Gasteiger charge is -2.22. The molecule has 0 bridgehead atoms. The molecule has 0 amide bonds. The minimum atomic E-state index is -0.850. The Morgan fingerprint density at radius 1 is 0.962 bits per heavy atom. The summed E-state index contributed by atoms with van der Waals surface area (Å²) in [5, 5.41) is 0. The highest BCUT2D eigenvalue weighted by molar-refractivity contribution is 6.51. The Kier molecular flexibility index (Phi) is 6.34. The Bertz CT molecular complexity index is 774. The van der Waals surface area contributed by atoms with Gasteiger partial charge in [0.15, 0.2) is 0 Å². The Labute approximate surface area is 155 Å². The molecule has 4 heteroatoms. The number of anilines is 1. The molecule has 2 rings (SSSR count). The number of nitrogens with zero attached hydrogens (tertiary/aromatic N) is 1. The minimum Gasteiger partial charge on any atom is -0.454 e. The zero-order chi connectivity index (χ0) is 19.2. The van der Waals surface area contributed by atoms with Gasteiger partial charge < -0.3 is 9.64 Å². The van der Waals surface area contributed by atoms with E-state index in [9.17, 15) is 9.59 Å². The largest absolute Gasteiger partial charge is 0.454 e.